The van der Waals surface area contributed by atoms with Crippen LogP contribution in [0.5, 0.6) is 0 Å². The first-order valence-electron chi connectivity index (χ1n) is 8.08. The van der Waals surface area contributed by atoms with Crippen LogP contribution in [0.1, 0.15) is 39.2 Å². The molecule has 1 N–H and O–H groups in total. The smallest absolute Gasteiger partial charge is 0.0535 e. The van der Waals surface area contributed by atoms with Crippen molar-refractivity contribution in [2.45, 2.75) is 44.7 Å². The van der Waals surface area contributed by atoms with Gasteiger partial charge in [0.1, 0.15) is 0 Å². The summed E-state index contributed by atoms with van der Waals surface area (Å²) in [5.41, 5.74) is 1.75. The Hall–Kier alpha value is -0.510. The lowest BCUT2D eigenvalue weighted by atomic mass is 9.83. The summed E-state index contributed by atoms with van der Waals surface area (Å²) in [6, 6.07) is 10.9. The molecule has 1 aliphatic rings. The number of benzene rings is 1. The molecule has 1 saturated heterocycles. The van der Waals surface area contributed by atoms with Crippen molar-refractivity contribution in [3.63, 3.8) is 0 Å². The van der Waals surface area contributed by atoms with E-state index in [0.717, 1.165) is 13.1 Å². The molecule has 1 heterocycles. The van der Waals surface area contributed by atoms with Gasteiger partial charge >= 0.3 is 0 Å². The normalized spacial score (nSPS) is 30.5. The van der Waals surface area contributed by atoms with E-state index in [1.54, 1.807) is 0 Å². The van der Waals surface area contributed by atoms with Crippen molar-refractivity contribution >= 4 is 11.8 Å². The molecule has 1 aromatic carbocycles. The van der Waals surface area contributed by atoms with Gasteiger partial charge < -0.3 is 5.32 Å². The van der Waals surface area contributed by atoms with Crippen molar-refractivity contribution in [1.29, 1.82) is 0 Å². The van der Waals surface area contributed by atoms with Crippen LogP contribution in [0, 0.1) is 0 Å². The van der Waals surface area contributed by atoms with Gasteiger partial charge in [0.25, 0.3) is 0 Å². The first kappa shape index (κ1) is 16.9. The lowest BCUT2D eigenvalue weighted by Gasteiger charge is -2.52. The molecular formula is C18H30N2S. The van der Waals surface area contributed by atoms with Crippen LogP contribution in [-0.2, 0) is 5.54 Å². The Morgan fingerprint density at radius 3 is 2.57 bits per heavy atom. The van der Waals surface area contributed by atoms with Crippen molar-refractivity contribution in [3.8, 4) is 0 Å². The maximum Gasteiger partial charge on any atom is 0.0535 e. The second kappa shape index (κ2) is 7.17. The average Bonchev–Trinajstić information content (AvgIpc) is 2.52. The zero-order chi connectivity index (χ0) is 15.3. The Balaban J connectivity index is 2.14. The fourth-order valence-electron chi connectivity index (χ4n) is 3.22. The molecule has 21 heavy (non-hydrogen) atoms. The highest BCUT2D eigenvalue weighted by Crippen LogP contribution is 2.32. The number of hydrogen-bond acceptors (Lipinski definition) is 3. The molecule has 0 spiro atoms. The van der Waals surface area contributed by atoms with Crippen molar-refractivity contribution in [1.82, 2.24) is 10.2 Å². The van der Waals surface area contributed by atoms with Gasteiger partial charge in [0.2, 0.25) is 0 Å². The fraction of sp³-hybridized carbons (Fsp3) is 0.667. The van der Waals surface area contributed by atoms with Crippen LogP contribution in [0.4, 0.5) is 0 Å². The first-order valence-corrected chi connectivity index (χ1v) is 9.48. The van der Waals surface area contributed by atoms with Crippen molar-refractivity contribution in [3.05, 3.63) is 35.9 Å². The van der Waals surface area contributed by atoms with E-state index in [1.165, 1.54) is 30.7 Å². The molecule has 0 saturated carbocycles. The number of nitrogens with one attached hydrogen (secondary N) is 1. The van der Waals surface area contributed by atoms with E-state index in [2.05, 4.69) is 67.6 Å². The number of rotatable bonds is 6. The van der Waals surface area contributed by atoms with Crippen molar-refractivity contribution < 1.29 is 0 Å². The Kier molecular flexibility index (Phi) is 5.75. The van der Waals surface area contributed by atoms with Gasteiger partial charge in [0.05, 0.1) is 5.54 Å². The van der Waals surface area contributed by atoms with Crippen molar-refractivity contribution in [2.24, 2.45) is 0 Å². The highest BCUT2D eigenvalue weighted by atomic mass is 32.2. The predicted molar refractivity (Wildman–Crippen MR) is 95.1 cm³/mol. The van der Waals surface area contributed by atoms with Crippen molar-refractivity contribution in [2.75, 3.05) is 31.6 Å². The van der Waals surface area contributed by atoms with Gasteiger partial charge in [0.15, 0.2) is 0 Å². The molecule has 0 aliphatic carbocycles. The topological polar surface area (TPSA) is 15.3 Å². The van der Waals surface area contributed by atoms with E-state index in [9.17, 15) is 0 Å². The highest BCUT2D eigenvalue weighted by molar-refractivity contribution is 7.98. The Morgan fingerprint density at radius 1 is 1.24 bits per heavy atom. The highest BCUT2D eigenvalue weighted by Gasteiger charge is 2.42. The molecule has 3 heteroatoms. The molecule has 118 valence electrons. The second-order valence-electron chi connectivity index (χ2n) is 6.67. The molecule has 0 aromatic heterocycles. The Bertz CT molecular complexity index is 436. The Morgan fingerprint density at radius 2 is 1.95 bits per heavy atom. The summed E-state index contributed by atoms with van der Waals surface area (Å²) in [4.78, 5) is 2.72. The molecule has 0 radical (unpaired) electrons. The summed E-state index contributed by atoms with van der Waals surface area (Å²) in [7, 11) is 0. The van der Waals surface area contributed by atoms with Gasteiger partial charge in [-0.2, -0.15) is 11.8 Å². The molecular weight excluding hydrogens is 276 g/mol. The van der Waals surface area contributed by atoms with Gasteiger partial charge in [0, 0.05) is 18.6 Å². The maximum atomic E-state index is 3.83. The minimum atomic E-state index is 0.0648. The Labute approximate surface area is 134 Å². The number of hydrogen-bond donors (Lipinski definition) is 1. The molecule has 2 rings (SSSR count). The third kappa shape index (κ3) is 3.82. The van der Waals surface area contributed by atoms with Crippen LogP contribution < -0.4 is 5.32 Å². The van der Waals surface area contributed by atoms with E-state index >= 15 is 0 Å². The second-order valence-corrected chi connectivity index (χ2v) is 7.66. The van der Waals surface area contributed by atoms with Gasteiger partial charge in [-0.15, -0.1) is 0 Å². The van der Waals surface area contributed by atoms with E-state index in [0.29, 0.717) is 0 Å². The minimum absolute atomic E-state index is 0.0648. The molecule has 1 aliphatic heterocycles. The third-order valence-electron chi connectivity index (χ3n) is 5.08. The lowest BCUT2D eigenvalue weighted by Crippen LogP contribution is -2.66. The SMILES string of the molecule is CCC1(C)CNC(C)(c2ccccc2)CN1CCCSC. The standard InChI is InChI=1S/C18H30N2S/c1-5-17(2)14-19-18(3,16-10-7-6-8-11-16)15-20(17)12-9-13-21-4/h6-8,10-11,19H,5,9,12-15H2,1-4H3. The average molecular weight is 307 g/mol. The van der Waals surface area contributed by atoms with E-state index in [4.69, 9.17) is 0 Å². The zero-order valence-electron chi connectivity index (χ0n) is 14.0. The number of nitrogens with zero attached hydrogens (tertiary/aromatic N) is 1. The summed E-state index contributed by atoms with van der Waals surface area (Å²) in [6.07, 6.45) is 4.68. The van der Waals surface area contributed by atoms with Crippen LogP contribution in [0.15, 0.2) is 30.3 Å². The molecule has 2 nitrogen and oxygen atoms in total. The third-order valence-corrected chi connectivity index (χ3v) is 5.78. The van der Waals surface area contributed by atoms with E-state index in [-0.39, 0.29) is 11.1 Å². The van der Waals surface area contributed by atoms with Gasteiger partial charge in [-0.1, -0.05) is 37.3 Å². The maximum absolute atomic E-state index is 3.83. The molecule has 0 amide bonds. The minimum Gasteiger partial charge on any atom is -0.305 e. The molecule has 2 unspecified atom stereocenters. The van der Waals surface area contributed by atoms with Crippen LogP contribution in [-0.4, -0.2) is 42.1 Å². The van der Waals surface area contributed by atoms with E-state index in [1.807, 2.05) is 11.8 Å². The van der Waals surface area contributed by atoms with Crippen LogP contribution >= 0.6 is 11.8 Å². The summed E-state index contributed by atoms with van der Waals surface area (Å²) in [5, 5.41) is 3.83. The molecule has 1 aromatic rings. The summed E-state index contributed by atoms with van der Waals surface area (Å²) in [5.74, 6) is 1.26. The summed E-state index contributed by atoms with van der Waals surface area (Å²) < 4.78 is 0. The number of thioether (sulfide) groups is 1. The first-order chi connectivity index (χ1) is 10.0. The predicted octanol–water partition coefficient (Wildman–Crippen LogP) is 3.73. The molecule has 0 bridgehead atoms. The molecule has 2 atom stereocenters. The quantitative estimate of drug-likeness (QED) is 0.806. The summed E-state index contributed by atoms with van der Waals surface area (Å²) in [6.45, 7) is 10.4. The van der Waals surface area contributed by atoms with Gasteiger partial charge in [-0.3, -0.25) is 4.90 Å². The summed E-state index contributed by atoms with van der Waals surface area (Å²) >= 11 is 1.95. The van der Waals surface area contributed by atoms with Crippen LogP contribution in [0.25, 0.3) is 0 Å². The largest absolute Gasteiger partial charge is 0.305 e. The molecule has 1 fully saturated rings. The van der Waals surface area contributed by atoms with Gasteiger partial charge in [-0.05, 0) is 50.8 Å². The van der Waals surface area contributed by atoms with E-state index < -0.39 is 0 Å². The van der Waals surface area contributed by atoms with Crippen LogP contribution in [0.2, 0.25) is 0 Å². The lowest BCUT2D eigenvalue weighted by molar-refractivity contribution is 0.0173. The van der Waals surface area contributed by atoms with Crippen LogP contribution in [0.3, 0.4) is 0 Å². The zero-order valence-corrected chi connectivity index (χ0v) is 14.8. The van der Waals surface area contributed by atoms with Gasteiger partial charge in [-0.25, -0.2) is 0 Å². The monoisotopic (exact) mass is 306 g/mol. The number of piperazine rings is 1. The fourth-order valence-corrected chi connectivity index (χ4v) is 3.64.